The van der Waals surface area contributed by atoms with Gasteiger partial charge in [0.2, 0.25) is 0 Å². The van der Waals surface area contributed by atoms with E-state index in [9.17, 15) is 0 Å². The van der Waals surface area contributed by atoms with Gasteiger partial charge in [0.25, 0.3) is 0 Å². The summed E-state index contributed by atoms with van der Waals surface area (Å²) in [5.41, 5.74) is 2.91. The Labute approximate surface area is 133 Å². The Kier molecular flexibility index (Phi) is 21.2. The van der Waals surface area contributed by atoms with E-state index in [1.165, 1.54) is 5.56 Å². The molecule has 0 aliphatic rings. The molecule has 0 amide bonds. The predicted molar refractivity (Wildman–Crippen MR) is 56.0 cm³/mol. The molecule has 0 aliphatic carbocycles. The van der Waals surface area contributed by atoms with Gasteiger partial charge in [0.1, 0.15) is 0 Å². The van der Waals surface area contributed by atoms with E-state index in [0.717, 1.165) is 11.4 Å². The maximum atomic E-state index is 4.31. The van der Waals surface area contributed by atoms with Crippen molar-refractivity contribution in [3.63, 3.8) is 0 Å². The van der Waals surface area contributed by atoms with Gasteiger partial charge < -0.3 is 37.2 Å². The van der Waals surface area contributed by atoms with Crippen LogP contribution in [0.5, 0.6) is 0 Å². The Balaban J connectivity index is -0.000000211. The first-order chi connectivity index (χ1) is 6.26. The number of pyridine rings is 1. The van der Waals surface area contributed by atoms with Gasteiger partial charge in [0, 0.05) is 26.5 Å². The number of hydrogen-bond donors (Lipinski definition) is 0. The van der Waals surface area contributed by atoms with Crippen LogP contribution in [0.2, 0.25) is 0 Å². The van der Waals surface area contributed by atoms with Gasteiger partial charge in [-0.3, -0.25) is 9.98 Å². The minimum atomic E-state index is 0. The van der Waals surface area contributed by atoms with Crippen molar-refractivity contribution in [2.45, 2.75) is 6.92 Å². The van der Waals surface area contributed by atoms with Gasteiger partial charge in [-0.25, -0.2) is 4.98 Å². The van der Waals surface area contributed by atoms with Crippen LogP contribution >= 0.6 is 0 Å². The standard InChI is InChI=1S/C10H13N3.3ClH.V/c1-8-4-9(6-11-2)13-10(5-8)7-12-3;;;;/h4-7H,1-3H3;3*1H;/q;;;;+3/p-3. The first-order valence-electron chi connectivity index (χ1n) is 4.09. The van der Waals surface area contributed by atoms with Crippen molar-refractivity contribution in [1.82, 2.24) is 4.98 Å². The Bertz CT molecular complexity index is 326. The summed E-state index contributed by atoms with van der Waals surface area (Å²) >= 11 is 0. The van der Waals surface area contributed by atoms with Crippen molar-refractivity contribution in [2.24, 2.45) is 9.98 Å². The third-order valence-corrected chi connectivity index (χ3v) is 1.53. The van der Waals surface area contributed by atoms with Crippen molar-refractivity contribution in [2.75, 3.05) is 14.1 Å². The fourth-order valence-corrected chi connectivity index (χ4v) is 1.12. The van der Waals surface area contributed by atoms with Crippen molar-refractivity contribution in [3.05, 3.63) is 29.1 Å². The van der Waals surface area contributed by atoms with E-state index in [0.29, 0.717) is 0 Å². The molecule has 7 heteroatoms. The predicted octanol–water partition coefficient (Wildman–Crippen LogP) is -7.50. The number of hydrogen-bond acceptors (Lipinski definition) is 3. The zero-order valence-electron chi connectivity index (χ0n) is 9.73. The van der Waals surface area contributed by atoms with Gasteiger partial charge in [-0.2, -0.15) is 0 Å². The summed E-state index contributed by atoms with van der Waals surface area (Å²) in [6, 6.07) is 3.97. The molecular formula is C10H13Cl3N3V. The Morgan fingerprint density at radius 1 is 0.941 bits per heavy atom. The average molecular weight is 333 g/mol. The summed E-state index contributed by atoms with van der Waals surface area (Å²) < 4.78 is 0. The van der Waals surface area contributed by atoms with Crippen LogP contribution in [0.3, 0.4) is 0 Å². The van der Waals surface area contributed by atoms with Crippen LogP contribution in [0.1, 0.15) is 17.0 Å². The maximum Gasteiger partial charge on any atom is 3.00 e. The fourth-order valence-electron chi connectivity index (χ4n) is 1.12. The molecule has 1 rings (SSSR count). The van der Waals surface area contributed by atoms with Crippen LogP contribution in [0.15, 0.2) is 22.1 Å². The molecule has 17 heavy (non-hydrogen) atoms. The topological polar surface area (TPSA) is 37.6 Å². The van der Waals surface area contributed by atoms with Crippen LogP contribution in [0, 0.1) is 6.92 Å². The second-order valence-electron chi connectivity index (χ2n) is 2.77. The second-order valence-corrected chi connectivity index (χ2v) is 2.77. The zero-order chi connectivity index (χ0) is 9.68. The van der Waals surface area contributed by atoms with E-state index in [1.54, 1.807) is 26.5 Å². The quantitative estimate of drug-likeness (QED) is 0.496. The SMILES string of the molecule is CN=Cc1cc(C)cc(C=NC)n1.[Cl-].[Cl-].[Cl-].[V+3]. The van der Waals surface area contributed by atoms with Crippen LogP contribution in [-0.4, -0.2) is 31.5 Å². The molecule has 3 nitrogen and oxygen atoms in total. The Morgan fingerprint density at radius 3 is 1.59 bits per heavy atom. The molecule has 0 unspecified atom stereocenters. The molecule has 94 valence electrons. The largest absolute Gasteiger partial charge is 3.00 e. The molecule has 1 aromatic heterocycles. The molecule has 0 N–H and O–H groups in total. The van der Waals surface area contributed by atoms with Crippen molar-refractivity contribution >= 4 is 12.4 Å². The molecule has 0 bridgehead atoms. The summed E-state index contributed by atoms with van der Waals surface area (Å²) in [6.45, 7) is 2.03. The van der Waals surface area contributed by atoms with Gasteiger partial charge >= 0.3 is 18.6 Å². The van der Waals surface area contributed by atoms with Crippen molar-refractivity contribution < 1.29 is 55.8 Å². The molecule has 0 saturated heterocycles. The third-order valence-electron chi connectivity index (χ3n) is 1.53. The van der Waals surface area contributed by atoms with Gasteiger partial charge in [0.15, 0.2) is 0 Å². The monoisotopic (exact) mass is 331 g/mol. The molecule has 0 spiro atoms. The maximum absolute atomic E-state index is 4.31. The van der Waals surface area contributed by atoms with E-state index < -0.39 is 0 Å². The van der Waals surface area contributed by atoms with Gasteiger partial charge in [-0.1, -0.05) is 0 Å². The van der Waals surface area contributed by atoms with E-state index in [1.807, 2.05) is 19.1 Å². The van der Waals surface area contributed by atoms with E-state index in [2.05, 4.69) is 15.0 Å². The van der Waals surface area contributed by atoms with Crippen molar-refractivity contribution in [1.29, 1.82) is 0 Å². The van der Waals surface area contributed by atoms with E-state index in [-0.39, 0.29) is 55.8 Å². The molecule has 1 heterocycles. The zero-order valence-corrected chi connectivity index (χ0v) is 13.4. The molecule has 0 atom stereocenters. The van der Waals surface area contributed by atoms with Gasteiger partial charge in [0.05, 0.1) is 11.4 Å². The number of halogens is 3. The number of aryl methyl sites for hydroxylation is 1. The molecule has 0 aliphatic heterocycles. The van der Waals surface area contributed by atoms with Crippen LogP contribution < -0.4 is 37.2 Å². The van der Waals surface area contributed by atoms with Crippen LogP contribution in [0.4, 0.5) is 0 Å². The molecule has 0 fully saturated rings. The normalized spacial score (nSPS) is 8.88. The van der Waals surface area contributed by atoms with Crippen LogP contribution in [0.25, 0.3) is 0 Å². The smallest absolute Gasteiger partial charge is 1.00 e. The number of aliphatic imine (C=N–C) groups is 2. The molecule has 0 aromatic carbocycles. The van der Waals surface area contributed by atoms with Crippen LogP contribution in [-0.2, 0) is 18.6 Å². The molecule has 0 saturated carbocycles. The number of nitrogens with zero attached hydrogens (tertiary/aromatic N) is 3. The Hall–Kier alpha value is -0.0556. The minimum absolute atomic E-state index is 0. The summed E-state index contributed by atoms with van der Waals surface area (Å²) in [7, 11) is 3.47. The van der Waals surface area contributed by atoms with E-state index >= 15 is 0 Å². The summed E-state index contributed by atoms with van der Waals surface area (Å²) in [5.74, 6) is 0. The third kappa shape index (κ3) is 9.63. The van der Waals surface area contributed by atoms with Crippen molar-refractivity contribution in [3.8, 4) is 0 Å². The molecule has 1 aromatic rings. The second kappa shape index (κ2) is 14.0. The summed E-state index contributed by atoms with van der Waals surface area (Å²) in [4.78, 5) is 12.1. The Morgan fingerprint density at radius 2 is 1.29 bits per heavy atom. The first-order valence-corrected chi connectivity index (χ1v) is 4.09. The molecular weight excluding hydrogens is 319 g/mol. The van der Waals surface area contributed by atoms with Gasteiger partial charge in [-0.05, 0) is 24.6 Å². The average Bonchev–Trinajstić information content (AvgIpc) is 2.04. The van der Waals surface area contributed by atoms with E-state index in [4.69, 9.17) is 0 Å². The first kappa shape index (κ1) is 25.7. The minimum Gasteiger partial charge on any atom is -1.00 e. The number of aromatic nitrogens is 1. The fraction of sp³-hybridized carbons (Fsp3) is 0.300. The summed E-state index contributed by atoms with van der Waals surface area (Å²) in [6.07, 6.45) is 3.47. The summed E-state index contributed by atoms with van der Waals surface area (Å²) in [5, 5.41) is 0. The van der Waals surface area contributed by atoms with Gasteiger partial charge in [-0.15, -0.1) is 0 Å². The molecule has 0 radical (unpaired) electrons. The number of rotatable bonds is 2.